The third-order valence-corrected chi connectivity index (χ3v) is 3.51. The maximum atomic E-state index is 12.1. The smallest absolute Gasteiger partial charge is 0.305 e. The van der Waals surface area contributed by atoms with Gasteiger partial charge in [-0.25, -0.2) is 0 Å². The van der Waals surface area contributed by atoms with Crippen molar-refractivity contribution in [1.82, 2.24) is 5.32 Å². The second kappa shape index (κ2) is 7.82. The van der Waals surface area contributed by atoms with Crippen molar-refractivity contribution in [2.45, 2.75) is 25.3 Å². The molecule has 0 aromatic heterocycles. The van der Waals surface area contributed by atoms with Crippen molar-refractivity contribution in [3.63, 3.8) is 0 Å². The highest BCUT2D eigenvalue weighted by Crippen LogP contribution is 2.26. The van der Waals surface area contributed by atoms with Gasteiger partial charge in [0.05, 0.1) is 25.2 Å². The fourth-order valence-corrected chi connectivity index (χ4v) is 2.50. The number of carbonyl (C=O) groups is 2. The van der Waals surface area contributed by atoms with Crippen LogP contribution in [0.15, 0.2) is 24.3 Å². The first-order valence-electron chi connectivity index (χ1n) is 7.50. The largest absolute Gasteiger partial charge is 0.490 e. The third kappa shape index (κ3) is 4.85. The Morgan fingerprint density at radius 2 is 2.00 bits per heavy atom. The molecule has 1 aliphatic rings. The van der Waals surface area contributed by atoms with Gasteiger partial charge in [0.1, 0.15) is 0 Å². The van der Waals surface area contributed by atoms with Crippen LogP contribution in [0.1, 0.15) is 19.8 Å². The lowest BCUT2D eigenvalue weighted by Gasteiger charge is -2.27. The molecule has 1 saturated heterocycles. The minimum atomic E-state index is -0.974. The Morgan fingerprint density at radius 1 is 1.30 bits per heavy atom. The molecule has 1 unspecified atom stereocenters. The van der Waals surface area contributed by atoms with E-state index in [1.807, 2.05) is 13.0 Å². The molecule has 1 aliphatic heterocycles. The zero-order chi connectivity index (χ0) is 16.7. The van der Waals surface area contributed by atoms with Crippen LogP contribution in [0.2, 0.25) is 0 Å². The maximum Gasteiger partial charge on any atom is 0.305 e. The van der Waals surface area contributed by atoms with Gasteiger partial charge in [0.2, 0.25) is 0 Å². The predicted octanol–water partition coefficient (Wildman–Crippen LogP) is 1.21. The van der Waals surface area contributed by atoms with Crippen molar-refractivity contribution in [3.8, 4) is 11.5 Å². The van der Waals surface area contributed by atoms with Crippen LogP contribution in [0.5, 0.6) is 11.5 Å². The first kappa shape index (κ1) is 17.1. The Morgan fingerprint density at radius 3 is 2.57 bits per heavy atom. The summed E-state index contributed by atoms with van der Waals surface area (Å²) in [6.45, 7) is 2.76. The van der Waals surface area contributed by atoms with Crippen LogP contribution < -0.4 is 14.8 Å². The fourth-order valence-electron chi connectivity index (χ4n) is 2.50. The van der Waals surface area contributed by atoms with Gasteiger partial charge in [-0.1, -0.05) is 12.1 Å². The van der Waals surface area contributed by atoms with Crippen molar-refractivity contribution in [3.05, 3.63) is 24.3 Å². The van der Waals surface area contributed by atoms with Gasteiger partial charge in [-0.3, -0.25) is 9.59 Å². The van der Waals surface area contributed by atoms with E-state index < -0.39 is 11.5 Å². The Balaban J connectivity index is 1.93. The summed E-state index contributed by atoms with van der Waals surface area (Å²) in [6, 6.07) is 7.07. The quantitative estimate of drug-likeness (QED) is 0.747. The van der Waals surface area contributed by atoms with E-state index in [9.17, 15) is 9.59 Å². The summed E-state index contributed by atoms with van der Waals surface area (Å²) in [5.41, 5.74) is -0.855. The lowest BCUT2D eigenvalue weighted by atomic mass is 9.94. The highest BCUT2D eigenvalue weighted by Gasteiger charge is 2.38. The summed E-state index contributed by atoms with van der Waals surface area (Å²) in [5.74, 6) is -0.326. The van der Waals surface area contributed by atoms with Crippen molar-refractivity contribution in [2.75, 3.05) is 26.4 Å². The molecule has 1 heterocycles. The van der Waals surface area contributed by atoms with E-state index in [-0.39, 0.29) is 25.5 Å². The number of hydrogen-bond donors (Lipinski definition) is 2. The van der Waals surface area contributed by atoms with Gasteiger partial charge in [-0.2, -0.15) is 0 Å². The van der Waals surface area contributed by atoms with E-state index in [1.165, 1.54) is 0 Å². The number of nitrogens with one attached hydrogen (secondary N) is 1. The van der Waals surface area contributed by atoms with Crippen LogP contribution in [0.4, 0.5) is 0 Å². The van der Waals surface area contributed by atoms with E-state index in [0.29, 0.717) is 31.1 Å². The SMILES string of the molecule is CCOc1ccccc1OCC(=O)NC1(CC(=O)O)CCOC1. The van der Waals surface area contributed by atoms with Gasteiger partial charge in [0.25, 0.3) is 5.91 Å². The molecule has 0 spiro atoms. The minimum absolute atomic E-state index is 0.172. The average Bonchev–Trinajstić information content (AvgIpc) is 2.94. The number of carboxylic acid groups (broad SMARTS) is 1. The number of hydrogen-bond acceptors (Lipinski definition) is 5. The summed E-state index contributed by atoms with van der Waals surface area (Å²) >= 11 is 0. The zero-order valence-corrected chi connectivity index (χ0v) is 13.0. The molecule has 23 heavy (non-hydrogen) atoms. The standard InChI is InChI=1S/C16H21NO6/c1-2-22-12-5-3-4-6-13(12)23-10-14(18)17-16(9-15(19)20)7-8-21-11-16/h3-6H,2,7-11H2,1H3,(H,17,18)(H,19,20). The topological polar surface area (TPSA) is 94.1 Å². The number of carbonyl (C=O) groups excluding carboxylic acids is 1. The lowest BCUT2D eigenvalue weighted by Crippen LogP contribution is -2.51. The van der Waals surface area contributed by atoms with E-state index in [1.54, 1.807) is 18.2 Å². The molecule has 0 radical (unpaired) electrons. The van der Waals surface area contributed by atoms with Crippen LogP contribution in [0, 0.1) is 0 Å². The van der Waals surface area contributed by atoms with Crippen LogP contribution >= 0.6 is 0 Å². The van der Waals surface area contributed by atoms with E-state index >= 15 is 0 Å². The van der Waals surface area contributed by atoms with Crippen LogP contribution in [0.3, 0.4) is 0 Å². The van der Waals surface area contributed by atoms with Gasteiger partial charge in [-0.05, 0) is 25.5 Å². The van der Waals surface area contributed by atoms with Crippen molar-refractivity contribution in [1.29, 1.82) is 0 Å². The number of amides is 1. The molecular weight excluding hydrogens is 302 g/mol. The van der Waals surface area contributed by atoms with Crippen molar-refractivity contribution >= 4 is 11.9 Å². The molecule has 1 fully saturated rings. The normalized spacial score (nSPS) is 20.0. The predicted molar refractivity (Wildman–Crippen MR) is 81.7 cm³/mol. The summed E-state index contributed by atoms with van der Waals surface area (Å²) in [7, 11) is 0. The maximum absolute atomic E-state index is 12.1. The van der Waals surface area contributed by atoms with Gasteiger partial charge < -0.3 is 24.6 Å². The number of rotatable bonds is 8. The van der Waals surface area contributed by atoms with Gasteiger partial charge in [0, 0.05) is 6.61 Å². The molecule has 1 aromatic rings. The Labute approximate surface area is 134 Å². The number of ether oxygens (including phenoxy) is 3. The third-order valence-electron chi connectivity index (χ3n) is 3.51. The van der Waals surface area contributed by atoms with Crippen molar-refractivity contribution in [2.24, 2.45) is 0 Å². The molecule has 7 heteroatoms. The second-order valence-corrected chi connectivity index (χ2v) is 5.37. The van der Waals surface area contributed by atoms with Crippen LogP contribution in [-0.4, -0.2) is 48.9 Å². The molecule has 1 atom stereocenters. The minimum Gasteiger partial charge on any atom is -0.490 e. The average molecular weight is 323 g/mol. The molecule has 7 nitrogen and oxygen atoms in total. The number of aliphatic carboxylic acids is 1. The second-order valence-electron chi connectivity index (χ2n) is 5.37. The van der Waals surface area contributed by atoms with Gasteiger partial charge >= 0.3 is 5.97 Å². The molecule has 0 bridgehead atoms. The zero-order valence-electron chi connectivity index (χ0n) is 13.0. The molecular formula is C16H21NO6. The summed E-state index contributed by atoms with van der Waals surface area (Å²) in [4.78, 5) is 23.1. The van der Waals surface area contributed by atoms with Gasteiger partial charge in [-0.15, -0.1) is 0 Å². The van der Waals surface area contributed by atoms with Crippen LogP contribution in [-0.2, 0) is 14.3 Å². The summed E-state index contributed by atoms with van der Waals surface area (Å²) < 4.78 is 16.1. The highest BCUT2D eigenvalue weighted by atomic mass is 16.5. The summed E-state index contributed by atoms with van der Waals surface area (Å²) in [6.07, 6.45) is 0.300. The first-order valence-corrected chi connectivity index (χ1v) is 7.50. The number of carboxylic acids is 1. The van der Waals surface area contributed by atoms with E-state index in [0.717, 1.165) is 0 Å². The number of para-hydroxylation sites is 2. The monoisotopic (exact) mass is 323 g/mol. The Bertz CT molecular complexity index is 553. The van der Waals surface area contributed by atoms with Crippen molar-refractivity contribution < 1.29 is 28.9 Å². The highest BCUT2D eigenvalue weighted by molar-refractivity contribution is 5.80. The lowest BCUT2D eigenvalue weighted by molar-refractivity contribution is -0.139. The van der Waals surface area contributed by atoms with E-state index in [4.69, 9.17) is 19.3 Å². The first-order chi connectivity index (χ1) is 11.0. The van der Waals surface area contributed by atoms with Crippen LogP contribution in [0.25, 0.3) is 0 Å². The number of benzene rings is 1. The van der Waals surface area contributed by atoms with E-state index in [2.05, 4.69) is 5.32 Å². The molecule has 2 N–H and O–H groups in total. The molecule has 126 valence electrons. The molecule has 0 aliphatic carbocycles. The molecule has 1 amide bonds. The molecule has 1 aromatic carbocycles. The Kier molecular flexibility index (Phi) is 5.81. The fraction of sp³-hybridized carbons (Fsp3) is 0.500. The Hall–Kier alpha value is -2.28. The molecule has 0 saturated carbocycles. The molecule has 2 rings (SSSR count). The van der Waals surface area contributed by atoms with Gasteiger partial charge in [0.15, 0.2) is 18.1 Å². The summed E-state index contributed by atoms with van der Waals surface area (Å²) in [5, 5.41) is 11.7.